The molecule has 2 atom stereocenters. The lowest BCUT2D eigenvalue weighted by Gasteiger charge is -2.32. The third-order valence-electron chi connectivity index (χ3n) is 4.11. The average molecular weight is 314 g/mol. The van der Waals surface area contributed by atoms with Gasteiger partial charge < -0.3 is 19.8 Å². The highest BCUT2D eigenvalue weighted by Gasteiger charge is 2.28. The highest BCUT2D eigenvalue weighted by atomic mass is 16.5. The number of hydrogen-bond donors (Lipinski definition) is 2. The van der Waals surface area contributed by atoms with Crippen LogP contribution in [0.25, 0.3) is 0 Å². The van der Waals surface area contributed by atoms with E-state index in [1.807, 2.05) is 37.3 Å². The van der Waals surface area contributed by atoms with Crippen molar-refractivity contribution in [3.8, 4) is 0 Å². The average Bonchev–Trinajstić information content (AvgIpc) is 3.01. The minimum atomic E-state index is -0.130. The van der Waals surface area contributed by atoms with Gasteiger partial charge in [-0.25, -0.2) is 0 Å². The molecule has 0 unspecified atom stereocenters. The Bertz CT molecular complexity index is 639. The fourth-order valence-corrected chi connectivity index (χ4v) is 2.77. The Balaban J connectivity index is 1.60. The van der Waals surface area contributed by atoms with E-state index in [0.717, 1.165) is 17.7 Å². The lowest BCUT2D eigenvalue weighted by molar-refractivity contribution is -0.0605. The molecule has 0 aliphatic carbocycles. The first-order valence-electron chi connectivity index (χ1n) is 7.92. The molecule has 1 aliphatic rings. The second-order valence-electron chi connectivity index (χ2n) is 5.79. The number of carbonyl (C=O) groups is 1. The van der Waals surface area contributed by atoms with Gasteiger partial charge in [-0.05, 0) is 25.0 Å². The van der Waals surface area contributed by atoms with Crippen LogP contribution in [0.1, 0.15) is 28.0 Å². The third kappa shape index (κ3) is 4.00. The van der Waals surface area contributed by atoms with Crippen molar-refractivity contribution in [2.45, 2.75) is 32.1 Å². The van der Waals surface area contributed by atoms with Crippen molar-refractivity contribution in [2.75, 3.05) is 13.2 Å². The fraction of sp³-hybridized carbons (Fsp3) is 0.389. The minimum absolute atomic E-state index is 0.0350. The van der Waals surface area contributed by atoms with Gasteiger partial charge in [-0.15, -0.1) is 0 Å². The summed E-state index contributed by atoms with van der Waals surface area (Å²) in [5.41, 5.74) is 2.66. The van der Waals surface area contributed by atoms with Crippen LogP contribution in [-0.4, -0.2) is 36.3 Å². The molecular weight excluding hydrogens is 292 g/mol. The lowest BCUT2D eigenvalue weighted by Crippen LogP contribution is -2.50. The SMILES string of the molecule is Cc1[nH]ccc1C(=O)N[C@@H]1COCC[C@@H]1OCc1ccccc1. The van der Waals surface area contributed by atoms with Gasteiger partial charge in [0, 0.05) is 18.5 Å². The molecule has 2 aromatic rings. The Morgan fingerprint density at radius 1 is 1.35 bits per heavy atom. The second-order valence-corrected chi connectivity index (χ2v) is 5.79. The molecule has 0 radical (unpaired) electrons. The summed E-state index contributed by atoms with van der Waals surface area (Å²) in [6, 6.07) is 11.7. The van der Waals surface area contributed by atoms with Gasteiger partial charge >= 0.3 is 0 Å². The Labute approximate surface area is 136 Å². The van der Waals surface area contributed by atoms with Gasteiger partial charge in [0.2, 0.25) is 0 Å². The molecule has 3 rings (SSSR count). The summed E-state index contributed by atoms with van der Waals surface area (Å²) in [7, 11) is 0. The van der Waals surface area contributed by atoms with Crippen LogP contribution in [0.3, 0.4) is 0 Å². The number of nitrogens with one attached hydrogen (secondary N) is 2. The first-order valence-corrected chi connectivity index (χ1v) is 7.92. The predicted octanol–water partition coefficient (Wildman–Crippen LogP) is 2.43. The molecule has 1 saturated heterocycles. The number of ether oxygens (including phenoxy) is 2. The van der Waals surface area contributed by atoms with Crippen LogP contribution in [-0.2, 0) is 16.1 Å². The van der Waals surface area contributed by atoms with Crippen molar-refractivity contribution in [1.82, 2.24) is 10.3 Å². The van der Waals surface area contributed by atoms with Crippen LogP contribution in [0.2, 0.25) is 0 Å². The molecule has 1 amide bonds. The zero-order chi connectivity index (χ0) is 16.1. The zero-order valence-corrected chi connectivity index (χ0v) is 13.2. The highest BCUT2D eigenvalue weighted by molar-refractivity contribution is 5.95. The molecule has 1 aliphatic heterocycles. The van der Waals surface area contributed by atoms with Gasteiger partial charge in [-0.3, -0.25) is 4.79 Å². The molecule has 1 fully saturated rings. The molecule has 1 aromatic heterocycles. The Morgan fingerprint density at radius 3 is 2.91 bits per heavy atom. The summed E-state index contributed by atoms with van der Waals surface area (Å²) in [5.74, 6) is -0.0902. The number of aromatic nitrogens is 1. The van der Waals surface area contributed by atoms with Gasteiger partial charge in [0.1, 0.15) is 0 Å². The van der Waals surface area contributed by atoms with Crippen LogP contribution in [0, 0.1) is 6.92 Å². The molecule has 5 heteroatoms. The number of rotatable bonds is 5. The van der Waals surface area contributed by atoms with Gasteiger partial charge in [0.05, 0.1) is 30.9 Å². The summed E-state index contributed by atoms with van der Waals surface area (Å²) in [6.07, 6.45) is 2.52. The van der Waals surface area contributed by atoms with E-state index in [-0.39, 0.29) is 18.1 Å². The predicted molar refractivity (Wildman–Crippen MR) is 87.2 cm³/mol. The number of aromatic amines is 1. The van der Waals surface area contributed by atoms with Crippen LogP contribution in [0.15, 0.2) is 42.6 Å². The molecule has 2 N–H and O–H groups in total. The maximum absolute atomic E-state index is 12.4. The number of benzene rings is 1. The van der Waals surface area contributed by atoms with Gasteiger partial charge in [0.25, 0.3) is 5.91 Å². The van der Waals surface area contributed by atoms with Crippen LogP contribution >= 0.6 is 0 Å². The molecule has 23 heavy (non-hydrogen) atoms. The molecular formula is C18H22N2O3. The number of carbonyl (C=O) groups excluding carboxylic acids is 1. The first-order chi connectivity index (χ1) is 11.2. The second kappa shape index (κ2) is 7.44. The van der Waals surface area contributed by atoms with Crippen molar-refractivity contribution >= 4 is 5.91 Å². The van der Waals surface area contributed by atoms with Gasteiger partial charge in [-0.1, -0.05) is 30.3 Å². The summed E-state index contributed by atoms with van der Waals surface area (Å²) in [6.45, 7) is 3.57. The largest absolute Gasteiger partial charge is 0.379 e. The zero-order valence-electron chi connectivity index (χ0n) is 13.2. The maximum atomic E-state index is 12.4. The van der Waals surface area contributed by atoms with Crippen LogP contribution in [0.5, 0.6) is 0 Å². The molecule has 0 bridgehead atoms. The quantitative estimate of drug-likeness (QED) is 0.891. The van der Waals surface area contributed by atoms with E-state index >= 15 is 0 Å². The third-order valence-corrected chi connectivity index (χ3v) is 4.11. The van der Waals surface area contributed by atoms with E-state index in [9.17, 15) is 4.79 Å². The van der Waals surface area contributed by atoms with E-state index in [4.69, 9.17) is 9.47 Å². The van der Waals surface area contributed by atoms with Crippen molar-refractivity contribution in [2.24, 2.45) is 0 Å². The van der Waals surface area contributed by atoms with Gasteiger partial charge in [-0.2, -0.15) is 0 Å². The minimum Gasteiger partial charge on any atom is -0.379 e. The number of H-pyrrole nitrogens is 1. The lowest BCUT2D eigenvalue weighted by atomic mass is 10.1. The van der Waals surface area contributed by atoms with Crippen molar-refractivity contribution < 1.29 is 14.3 Å². The van der Waals surface area contributed by atoms with Gasteiger partial charge in [0.15, 0.2) is 0 Å². The van der Waals surface area contributed by atoms with Crippen molar-refractivity contribution in [3.05, 3.63) is 59.4 Å². The number of amides is 1. The van der Waals surface area contributed by atoms with Crippen molar-refractivity contribution in [3.63, 3.8) is 0 Å². The Hall–Kier alpha value is -2.11. The summed E-state index contributed by atoms with van der Waals surface area (Å²) >= 11 is 0. The number of aryl methyl sites for hydroxylation is 1. The van der Waals surface area contributed by atoms with Crippen LogP contribution in [0.4, 0.5) is 0 Å². The molecule has 0 saturated carbocycles. The maximum Gasteiger partial charge on any atom is 0.253 e. The Morgan fingerprint density at radius 2 is 2.17 bits per heavy atom. The molecule has 0 spiro atoms. The standard InChI is InChI=1S/C18H22N2O3/c1-13-15(7-9-19-13)18(21)20-16-12-22-10-8-17(16)23-11-14-5-3-2-4-6-14/h2-7,9,16-17,19H,8,10-12H2,1H3,(H,20,21)/t16-,17+/m1/s1. The van der Waals surface area contributed by atoms with E-state index < -0.39 is 0 Å². The van der Waals surface area contributed by atoms with E-state index in [1.165, 1.54) is 0 Å². The summed E-state index contributed by atoms with van der Waals surface area (Å²) in [4.78, 5) is 15.4. The fourth-order valence-electron chi connectivity index (χ4n) is 2.77. The molecule has 1 aromatic carbocycles. The van der Waals surface area contributed by atoms with Crippen molar-refractivity contribution in [1.29, 1.82) is 0 Å². The Kier molecular flexibility index (Phi) is 5.10. The number of hydrogen-bond acceptors (Lipinski definition) is 3. The first kappa shape index (κ1) is 15.8. The van der Waals surface area contributed by atoms with E-state index in [2.05, 4.69) is 10.3 Å². The van der Waals surface area contributed by atoms with E-state index in [0.29, 0.717) is 25.4 Å². The summed E-state index contributed by atoms with van der Waals surface area (Å²) in [5, 5.41) is 3.04. The summed E-state index contributed by atoms with van der Waals surface area (Å²) < 4.78 is 11.5. The highest BCUT2D eigenvalue weighted by Crippen LogP contribution is 2.15. The molecule has 122 valence electrons. The normalized spacial score (nSPS) is 21.1. The monoisotopic (exact) mass is 314 g/mol. The van der Waals surface area contributed by atoms with E-state index in [1.54, 1.807) is 12.3 Å². The van der Waals surface area contributed by atoms with Crippen LogP contribution < -0.4 is 5.32 Å². The molecule has 2 heterocycles. The smallest absolute Gasteiger partial charge is 0.253 e. The molecule has 5 nitrogen and oxygen atoms in total. The topological polar surface area (TPSA) is 63.4 Å².